The first kappa shape index (κ1) is 18.7. The highest BCUT2D eigenvalue weighted by atomic mass is 35.5. The average molecular weight is 357 g/mol. The van der Waals surface area contributed by atoms with E-state index in [1.54, 1.807) is 31.1 Å². The highest BCUT2D eigenvalue weighted by molar-refractivity contribution is 6.32. The van der Waals surface area contributed by atoms with Gasteiger partial charge in [0.2, 0.25) is 11.8 Å². The molecule has 2 amide bonds. The molecular weight excluding hydrogens is 336 g/mol. The number of nitrogens with one attached hydrogen (secondary N) is 1. The largest absolute Gasteiger partial charge is 0.349 e. The monoisotopic (exact) mass is 356 g/mol. The van der Waals surface area contributed by atoms with Crippen molar-refractivity contribution in [2.75, 3.05) is 19.4 Å². The maximum absolute atomic E-state index is 12.0. The summed E-state index contributed by atoms with van der Waals surface area (Å²) in [5, 5.41) is 3.40. The Morgan fingerprint density at radius 2 is 1.76 bits per heavy atom. The zero-order chi connectivity index (χ0) is 18.2. The molecule has 2 aromatic carbocycles. The summed E-state index contributed by atoms with van der Waals surface area (Å²) >= 11 is 6.05. The molecular formula is C20H21ClN2O2. The van der Waals surface area contributed by atoms with E-state index in [1.807, 2.05) is 42.5 Å². The highest BCUT2D eigenvalue weighted by Crippen LogP contribution is 2.16. The lowest BCUT2D eigenvalue weighted by Gasteiger charge is -2.10. The third-order valence-corrected chi connectivity index (χ3v) is 4.01. The van der Waals surface area contributed by atoms with Crippen LogP contribution in [0.15, 0.2) is 54.6 Å². The van der Waals surface area contributed by atoms with Crippen molar-refractivity contribution in [3.8, 4) is 0 Å². The summed E-state index contributed by atoms with van der Waals surface area (Å²) in [6.07, 6.45) is 4.28. The summed E-state index contributed by atoms with van der Waals surface area (Å²) in [5.41, 5.74) is 2.55. The lowest BCUT2D eigenvalue weighted by atomic mass is 10.1. The van der Waals surface area contributed by atoms with Gasteiger partial charge < -0.3 is 10.2 Å². The Morgan fingerprint density at radius 1 is 1.08 bits per heavy atom. The first-order valence-electron chi connectivity index (χ1n) is 7.98. The summed E-state index contributed by atoms with van der Waals surface area (Å²) in [6.45, 7) is 0. The van der Waals surface area contributed by atoms with E-state index in [-0.39, 0.29) is 11.8 Å². The Hall–Kier alpha value is -2.59. The molecule has 0 bridgehead atoms. The van der Waals surface area contributed by atoms with Gasteiger partial charge in [-0.05, 0) is 41.8 Å². The van der Waals surface area contributed by atoms with E-state index in [0.717, 1.165) is 11.1 Å². The second kappa shape index (κ2) is 9.04. The minimum absolute atomic E-state index is 0.0992. The number of anilines is 1. The topological polar surface area (TPSA) is 49.4 Å². The number of rotatable bonds is 6. The van der Waals surface area contributed by atoms with Crippen LogP contribution < -0.4 is 5.32 Å². The van der Waals surface area contributed by atoms with Crippen LogP contribution in [0.3, 0.4) is 0 Å². The SMILES string of the molecule is CN(C)C(=O)CCc1ccc(NC(=O)/C=C/c2ccccc2Cl)cc1. The molecule has 0 aliphatic heterocycles. The molecule has 0 saturated carbocycles. The number of hydrogen-bond acceptors (Lipinski definition) is 2. The smallest absolute Gasteiger partial charge is 0.248 e. The van der Waals surface area contributed by atoms with Gasteiger partial charge in [0.25, 0.3) is 0 Å². The summed E-state index contributed by atoms with van der Waals surface area (Å²) in [4.78, 5) is 25.2. The molecule has 130 valence electrons. The van der Waals surface area contributed by atoms with Crippen LogP contribution in [0.2, 0.25) is 5.02 Å². The number of hydrogen-bond donors (Lipinski definition) is 1. The molecule has 4 nitrogen and oxygen atoms in total. The molecule has 0 aliphatic rings. The van der Waals surface area contributed by atoms with Crippen LogP contribution >= 0.6 is 11.6 Å². The van der Waals surface area contributed by atoms with Crippen molar-refractivity contribution in [1.82, 2.24) is 4.90 Å². The third-order valence-electron chi connectivity index (χ3n) is 3.67. The minimum Gasteiger partial charge on any atom is -0.349 e. The molecule has 0 atom stereocenters. The Morgan fingerprint density at radius 3 is 2.40 bits per heavy atom. The lowest BCUT2D eigenvalue weighted by Crippen LogP contribution is -2.21. The van der Waals surface area contributed by atoms with Crippen molar-refractivity contribution in [2.45, 2.75) is 12.8 Å². The number of aryl methyl sites for hydroxylation is 1. The van der Waals surface area contributed by atoms with Gasteiger partial charge in [-0.15, -0.1) is 0 Å². The molecule has 2 rings (SSSR count). The van der Waals surface area contributed by atoms with E-state index in [2.05, 4.69) is 5.32 Å². The highest BCUT2D eigenvalue weighted by Gasteiger charge is 2.05. The quantitative estimate of drug-likeness (QED) is 0.795. The number of carbonyl (C=O) groups excluding carboxylic acids is 2. The fourth-order valence-electron chi connectivity index (χ4n) is 2.19. The number of benzene rings is 2. The molecule has 0 aliphatic carbocycles. The normalized spacial score (nSPS) is 10.7. The van der Waals surface area contributed by atoms with Gasteiger partial charge in [-0.1, -0.05) is 41.9 Å². The fourth-order valence-corrected chi connectivity index (χ4v) is 2.39. The van der Waals surface area contributed by atoms with Gasteiger partial charge in [-0.2, -0.15) is 0 Å². The van der Waals surface area contributed by atoms with Crippen molar-refractivity contribution < 1.29 is 9.59 Å². The zero-order valence-corrected chi connectivity index (χ0v) is 15.1. The van der Waals surface area contributed by atoms with Crippen LogP contribution in [0, 0.1) is 0 Å². The molecule has 0 unspecified atom stereocenters. The van der Waals surface area contributed by atoms with Gasteiger partial charge in [0.1, 0.15) is 0 Å². The van der Waals surface area contributed by atoms with Crippen LogP contribution in [0.4, 0.5) is 5.69 Å². The van der Waals surface area contributed by atoms with Gasteiger partial charge in [0.15, 0.2) is 0 Å². The van der Waals surface area contributed by atoms with Crippen molar-refractivity contribution >= 4 is 35.2 Å². The molecule has 25 heavy (non-hydrogen) atoms. The Kier molecular flexibility index (Phi) is 6.78. The number of carbonyl (C=O) groups is 2. The third kappa shape index (κ3) is 6.08. The average Bonchev–Trinajstić information content (AvgIpc) is 2.60. The van der Waals surface area contributed by atoms with Crippen molar-refractivity contribution in [2.24, 2.45) is 0 Å². The standard InChI is InChI=1S/C20H21ClN2O2/c1-23(2)20(25)14-9-15-7-11-17(12-8-15)22-19(24)13-10-16-5-3-4-6-18(16)21/h3-8,10-13H,9,14H2,1-2H3,(H,22,24)/b13-10+. The van der Waals surface area contributed by atoms with Gasteiger partial charge >= 0.3 is 0 Å². The van der Waals surface area contributed by atoms with E-state index < -0.39 is 0 Å². The molecule has 0 aromatic heterocycles. The second-order valence-electron chi connectivity index (χ2n) is 5.83. The maximum atomic E-state index is 12.0. The Labute approximate surface area is 153 Å². The zero-order valence-electron chi connectivity index (χ0n) is 14.3. The summed E-state index contributed by atoms with van der Waals surface area (Å²) in [6, 6.07) is 14.8. The molecule has 0 heterocycles. The maximum Gasteiger partial charge on any atom is 0.248 e. The van der Waals surface area contributed by atoms with Crippen molar-refractivity contribution in [1.29, 1.82) is 0 Å². The molecule has 0 saturated heterocycles. The number of nitrogens with zero attached hydrogens (tertiary/aromatic N) is 1. The molecule has 1 N–H and O–H groups in total. The predicted molar refractivity (Wildman–Crippen MR) is 103 cm³/mol. The van der Waals surface area contributed by atoms with Crippen molar-refractivity contribution in [3.63, 3.8) is 0 Å². The Balaban J connectivity index is 1.89. The predicted octanol–water partition coefficient (Wildman–Crippen LogP) is 4.01. The first-order valence-corrected chi connectivity index (χ1v) is 8.36. The summed E-state index contributed by atoms with van der Waals surface area (Å²) in [7, 11) is 3.49. The van der Waals surface area contributed by atoms with Crippen LogP contribution in [-0.4, -0.2) is 30.8 Å². The van der Waals surface area contributed by atoms with Gasteiger partial charge in [0, 0.05) is 37.3 Å². The fraction of sp³-hybridized carbons (Fsp3) is 0.200. The molecule has 2 aromatic rings. The van der Waals surface area contributed by atoms with E-state index >= 15 is 0 Å². The molecule has 0 spiro atoms. The second-order valence-corrected chi connectivity index (χ2v) is 6.24. The summed E-state index contributed by atoms with van der Waals surface area (Å²) < 4.78 is 0. The van der Waals surface area contributed by atoms with Gasteiger partial charge in [-0.25, -0.2) is 0 Å². The first-order chi connectivity index (χ1) is 12.0. The van der Waals surface area contributed by atoms with E-state index in [0.29, 0.717) is 23.6 Å². The van der Waals surface area contributed by atoms with Gasteiger partial charge in [-0.3, -0.25) is 9.59 Å². The minimum atomic E-state index is -0.226. The van der Waals surface area contributed by atoms with E-state index in [1.165, 1.54) is 6.08 Å². The lowest BCUT2D eigenvalue weighted by molar-refractivity contribution is -0.128. The number of amides is 2. The summed E-state index contributed by atoms with van der Waals surface area (Å²) in [5.74, 6) is -0.127. The van der Waals surface area contributed by atoms with Crippen LogP contribution in [0.25, 0.3) is 6.08 Å². The van der Waals surface area contributed by atoms with E-state index in [9.17, 15) is 9.59 Å². The molecule has 0 radical (unpaired) electrons. The van der Waals surface area contributed by atoms with Crippen LogP contribution in [-0.2, 0) is 16.0 Å². The number of halogens is 1. The van der Waals surface area contributed by atoms with Crippen molar-refractivity contribution in [3.05, 3.63) is 70.8 Å². The van der Waals surface area contributed by atoms with Crippen LogP contribution in [0.1, 0.15) is 17.5 Å². The Bertz CT molecular complexity index is 768. The van der Waals surface area contributed by atoms with Gasteiger partial charge in [0.05, 0.1) is 0 Å². The molecule has 5 heteroatoms. The van der Waals surface area contributed by atoms with E-state index in [4.69, 9.17) is 11.6 Å². The molecule has 0 fully saturated rings. The van der Waals surface area contributed by atoms with Crippen LogP contribution in [0.5, 0.6) is 0 Å².